The number of rotatable bonds is 9. The monoisotopic (exact) mass is 538 g/mol. The first-order valence-corrected chi connectivity index (χ1v) is 13.7. The number of hydrogen-bond acceptors (Lipinski definition) is 8. The molecule has 0 fully saturated rings. The Kier molecular flexibility index (Phi) is 7.79. The number of hydrogen-bond donors (Lipinski definition) is 2. The molecule has 0 aliphatic rings. The number of sulfonamides is 1. The molecule has 0 bridgehead atoms. The largest absolute Gasteiger partial charge is 0.497 e. The summed E-state index contributed by atoms with van der Waals surface area (Å²) in [6.45, 7) is 5.64. The normalized spacial score (nSPS) is 11.2. The van der Waals surface area contributed by atoms with Crippen molar-refractivity contribution in [3.05, 3.63) is 77.4 Å². The average Bonchev–Trinajstić information content (AvgIpc) is 3.34. The molecule has 0 saturated carbocycles. The Balaban J connectivity index is 1.45. The van der Waals surface area contributed by atoms with E-state index < -0.39 is 10.0 Å². The van der Waals surface area contributed by atoms with E-state index >= 15 is 0 Å². The summed E-state index contributed by atoms with van der Waals surface area (Å²) in [5, 5.41) is 15.1. The minimum atomic E-state index is -3.89. The Morgan fingerprint density at radius 3 is 2.41 bits per heavy atom. The van der Waals surface area contributed by atoms with Crippen LogP contribution in [0.1, 0.15) is 16.7 Å². The van der Waals surface area contributed by atoms with Gasteiger partial charge in [-0.15, -0.1) is 5.10 Å². The van der Waals surface area contributed by atoms with Gasteiger partial charge < -0.3 is 10.1 Å². The number of amides is 1. The van der Waals surface area contributed by atoms with Crippen molar-refractivity contribution < 1.29 is 17.9 Å². The zero-order valence-electron chi connectivity index (χ0n) is 20.7. The quantitative estimate of drug-likeness (QED) is 0.305. The van der Waals surface area contributed by atoms with Gasteiger partial charge in [0.05, 0.1) is 23.4 Å². The van der Waals surface area contributed by atoms with Crippen LogP contribution in [-0.4, -0.2) is 47.4 Å². The molecular formula is C25H26N6O4S2. The van der Waals surface area contributed by atoms with Gasteiger partial charge in [0.15, 0.2) is 0 Å². The fourth-order valence-corrected chi connectivity index (χ4v) is 5.55. The van der Waals surface area contributed by atoms with Crippen molar-refractivity contribution in [2.45, 2.75) is 30.8 Å². The lowest BCUT2D eigenvalue weighted by Crippen LogP contribution is -2.17. The van der Waals surface area contributed by atoms with E-state index in [2.05, 4.69) is 25.6 Å². The lowest BCUT2D eigenvalue weighted by Gasteiger charge is -2.13. The highest BCUT2D eigenvalue weighted by Gasteiger charge is 2.19. The van der Waals surface area contributed by atoms with Crippen molar-refractivity contribution in [1.29, 1.82) is 0 Å². The van der Waals surface area contributed by atoms with Crippen LogP contribution in [0.3, 0.4) is 0 Å². The molecule has 2 N–H and O–H groups in total. The van der Waals surface area contributed by atoms with E-state index in [1.807, 2.05) is 32.0 Å². The van der Waals surface area contributed by atoms with Gasteiger partial charge >= 0.3 is 0 Å². The summed E-state index contributed by atoms with van der Waals surface area (Å²) in [5.41, 5.74) is 4.21. The zero-order valence-corrected chi connectivity index (χ0v) is 22.4. The van der Waals surface area contributed by atoms with Crippen LogP contribution in [0.2, 0.25) is 0 Å². The maximum absolute atomic E-state index is 13.0. The number of aromatic nitrogens is 4. The Bertz CT molecular complexity index is 1540. The van der Waals surface area contributed by atoms with Crippen LogP contribution in [0.15, 0.2) is 70.7 Å². The molecular weight excluding hydrogens is 512 g/mol. The van der Waals surface area contributed by atoms with Crippen LogP contribution < -0.4 is 14.8 Å². The van der Waals surface area contributed by atoms with Crippen LogP contribution in [0.5, 0.6) is 5.75 Å². The van der Waals surface area contributed by atoms with Crippen LogP contribution in [0, 0.1) is 20.8 Å². The molecule has 0 spiro atoms. The van der Waals surface area contributed by atoms with Gasteiger partial charge in [-0.3, -0.25) is 9.52 Å². The maximum atomic E-state index is 13.0. The molecule has 192 valence electrons. The predicted molar refractivity (Wildman–Crippen MR) is 143 cm³/mol. The van der Waals surface area contributed by atoms with E-state index in [0.717, 1.165) is 16.8 Å². The van der Waals surface area contributed by atoms with E-state index in [0.29, 0.717) is 27.8 Å². The molecule has 12 heteroatoms. The van der Waals surface area contributed by atoms with Crippen LogP contribution in [0.25, 0.3) is 5.69 Å². The van der Waals surface area contributed by atoms with Crippen molar-refractivity contribution in [3.63, 3.8) is 0 Å². The minimum Gasteiger partial charge on any atom is -0.497 e. The van der Waals surface area contributed by atoms with E-state index in [1.165, 1.54) is 24.9 Å². The smallest absolute Gasteiger partial charge is 0.262 e. The summed E-state index contributed by atoms with van der Waals surface area (Å²) in [6, 6.07) is 17.3. The van der Waals surface area contributed by atoms with Gasteiger partial charge in [0.1, 0.15) is 5.75 Å². The zero-order chi connectivity index (χ0) is 26.6. The highest BCUT2D eigenvalue weighted by atomic mass is 32.2. The van der Waals surface area contributed by atoms with Gasteiger partial charge in [-0.1, -0.05) is 30.0 Å². The second kappa shape index (κ2) is 11.0. The molecule has 4 aromatic rings. The third-order valence-corrected chi connectivity index (χ3v) is 7.91. The molecule has 4 rings (SSSR count). The maximum Gasteiger partial charge on any atom is 0.262 e. The number of methoxy groups -OCH3 is 1. The molecule has 10 nitrogen and oxygen atoms in total. The first-order chi connectivity index (χ1) is 17.7. The number of carbonyl (C=O) groups excluding carboxylic acids is 1. The first kappa shape index (κ1) is 26.2. The summed E-state index contributed by atoms with van der Waals surface area (Å²) in [4.78, 5) is 12.7. The summed E-state index contributed by atoms with van der Waals surface area (Å²) in [7, 11) is -2.36. The number of nitrogens with one attached hydrogen (secondary N) is 2. The van der Waals surface area contributed by atoms with E-state index in [-0.39, 0.29) is 16.6 Å². The Morgan fingerprint density at radius 2 is 1.68 bits per heavy atom. The Labute approximate surface area is 219 Å². The van der Waals surface area contributed by atoms with Crippen LogP contribution >= 0.6 is 11.8 Å². The topological polar surface area (TPSA) is 128 Å². The summed E-state index contributed by atoms with van der Waals surface area (Å²) in [6.07, 6.45) is 0. The fraction of sp³-hybridized carbons (Fsp3) is 0.200. The Morgan fingerprint density at radius 1 is 0.973 bits per heavy atom. The van der Waals surface area contributed by atoms with Gasteiger partial charge in [-0.2, -0.15) is 4.68 Å². The van der Waals surface area contributed by atoms with E-state index in [9.17, 15) is 13.2 Å². The summed E-state index contributed by atoms with van der Waals surface area (Å²) >= 11 is 1.18. The molecule has 0 aliphatic carbocycles. The molecule has 0 saturated heterocycles. The number of thioether (sulfide) groups is 1. The third-order valence-electron chi connectivity index (χ3n) is 5.47. The highest BCUT2D eigenvalue weighted by Crippen LogP contribution is 2.25. The third kappa shape index (κ3) is 6.27. The second-order valence-corrected chi connectivity index (χ2v) is 10.9. The number of tetrazole rings is 1. The average molecular weight is 539 g/mol. The minimum absolute atomic E-state index is 0.0330. The van der Waals surface area contributed by atoms with Crippen molar-refractivity contribution in [1.82, 2.24) is 20.2 Å². The van der Waals surface area contributed by atoms with Gasteiger partial charge in [0.25, 0.3) is 10.0 Å². The molecule has 0 radical (unpaired) electrons. The molecule has 3 aromatic carbocycles. The van der Waals surface area contributed by atoms with Crippen molar-refractivity contribution in [2.75, 3.05) is 22.9 Å². The van der Waals surface area contributed by atoms with Gasteiger partial charge in [-0.25, -0.2) is 8.42 Å². The second-order valence-electron chi connectivity index (χ2n) is 8.31. The number of carbonyl (C=O) groups is 1. The molecule has 0 aliphatic heterocycles. The number of nitrogens with zero attached hydrogens (tertiary/aromatic N) is 4. The molecule has 37 heavy (non-hydrogen) atoms. The van der Waals surface area contributed by atoms with Crippen molar-refractivity contribution >= 4 is 39.1 Å². The van der Waals surface area contributed by atoms with Crippen molar-refractivity contribution in [3.8, 4) is 11.4 Å². The highest BCUT2D eigenvalue weighted by molar-refractivity contribution is 7.99. The summed E-state index contributed by atoms with van der Waals surface area (Å²) < 4.78 is 35.3. The number of benzene rings is 3. The van der Waals surface area contributed by atoms with E-state index in [1.54, 1.807) is 48.0 Å². The molecule has 1 heterocycles. The number of aryl methyl sites for hydroxylation is 3. The van der Waals surface area contributed by atoms with Crippen LogP contribution in [0.4, 0.5) is 11.4 Å². The lowest BCUT2D eigenvalue weighted by molar-refractivity contribution is -0.113. The fourth-order valence-electron chi connectivity index (χ4n) is 3.53. The number of anilines is 2. The molecule has 1 amide bonds. The standard InChI is InChI=1S/C25H26N6O4S2/c1-16-5-6-17(2)22(13-16)31-25(27-29-30-31)36-15-24(32)26-20-8-7-18(3)23(14-20)37(33,34)28-19-9-11-21(35-4)12-10-19/h5-14,28H,15H2,1-4H3,(H,26,32). The molecule has 0 unspecified atom stereocenters. The van der Waals surface area contributed by atoms with Crippen LogP contribution in [-0.2, 0) is 14.8 Å². The van der Waals surface area contributed by atoms with Crippen molar-refractivity contribution in [2.24, 2.45) is 0 Å². The molecule has 0 atom stereocenters. The Hall–Kier alpha value is -3.90. The molecule has 1 aromatic heterocycles. The summed E-state index contributed by atoms with van der Waals surface area (Å²) in [5.74, 6) is 0.325. The lowest BCUT2D eigenvalue weighted by atomic mass is 10.1. The van der Waals surface area contributed by atoms with Gasteiger partial charge in [0, 0.05) is 11.4 Å². The van der Waals surface area contributed by atoms with E-state index in [4.69, 9.17) is 4.74 Å². The van der Waals surface area contributed by atoms with Gasteiger partial charge in [-0.05, 0) is 90.4 Å². The number of ether oxygens (including phenoxy) is 1. The SMILES string of the molecule is COc1ccc(NS(=O)(=O)c2cc(NC(=O)CSc3nnnn3-c3cc(C)ccc3C)ccc2C)cc1. The first-order valence-electron chi connectivity index (χ1n) is 11.2. The predicted octanol–water partition coefficient (Wildman–Crippen LogP) is 4.13. The van der Waals surface area contributed by atoms with Gasteiger partial charge in [0.2, 0.25) is 11.1 Å².